The molecule has 32 heavy (non-hydrogen) atoms. The van der Waals surface area contributed by atoms with Crippen molar-refractivity contribution in [3.8, 4) is 11.5 Å². The molecule has 3 N–H and O–H groups in total. The summed E-state index contributed by atoms with van der Waals surface area (Å²) >= 11 is 0. The topological polar surface area (TPSA) is 131 Å². The van der Waals surface area contributed by atoms with Crippen molar-refractivity contribution in [3.63, 3.8) is 0 Å². The molecule has 2 amide bonds. The average molecular weight is 464 g/mol. The molecule has 0 aliphatic carbocycles. The number of rotatable bonds is 7. The summed E-state index contributed by atoms with van der Waals surface area (Å²) in [7, 11) is -2.71. The van der Waals surface area contributed by atoms with Crippen molar-refractivity contribution in [3.05, 3.63) is 65.1 Å². The maximum atomic E-state index is 13.2. The lowest BCUT2D eigenvalue weighted by Gasteiger charge is -2.29. The van der Waals surface area contributed by atoms with Gasteiger partial charge in [-0.3, -0.25) is 0 Å². The zero-order chi connectivity index (χ0) is 23.5. The molecule has 0 fully saturated rings. The second-order valence-electron chi connectivity index (χ2n) is 6.79. The van der Waals surface area contributed by atoms with E-state index < -0.39 is 39.4 Å². The minimum Gasteiger partial charge on any atom is -0.504 e. The number of carbonyl (C=O) groups excluding carboxylic acids is 2. The second-order valence-corrected chi connectivity index (χ2v) is 8.78. The van der Waals surface area contributed by atoms with E-state index >= 15 is 0 Å². The van der Waals surface area contributed by atoms with E-state index in [1.165, 1.54) is 25.3 Å². The summed E-state index contributed by atoms with van der Waals surface area (Å²) in [6, 6.07) is 6.58. The van der Waals surface area contributed by atoms with Crippen molar-refractivity contribution in [1.82, 2.24) is 10.6 Å². The van der Waals surface area contributed by atoms with E-state index in [1.807, 2.05) is 0 Å². The fourth-order valence-corrected chi connectivity index (χ4v) is 4.55. The SMILES string of the molecule is CCOC(=O)C1=C(CS(=O)(=O)c2ccc(F)cc2)NC(=O)N[C@@H]1c1ccc(O)c(OC)c1. The Morgan fingerprint density at radius 2 is 1.88 bits per heavy atom. The molecule has 0 saturated heterocycles. The number of hydrogen-bond acceptors (Lipinski definition) is 7. The van der Waals surface area contributed by atoms with E-state index in [-0.39, 0.29) is 34.3 Å². The van der Waals surface area contributed by atoms with Crippen molar-refractivity contribution in [1.29, 1.82) is 0 Å². The van der Waals surface area contributed by atoms with Crippen LogP contribution in [-0.2, 0) is 19.4 Å². The normalized spacial score (nSPS) is 16.2. The number of phenolic OH excluding ortho intramolecular Hbond substituents is 1. The van der Waals surface area contributed by atoms with Crippen molar-refractivity contribution < 1.29 is 37.0 Å². The number of methoxy groups -OCH3 is 1. The van der Waals surface area contributed by atoms with Gasteiger partial charge in [0.1, 0.15) is 5.82 Å². The molecule has 0 spiro atoms. The molecule has 0 aromatic heterocycles. The number of aromatic hydroxyl groups is 1. The number of halogens is 1. The molecule has 0 saturated carbocycles. The number of sulfone groups is 1. The van der Waals surface area contributed by atoms with Crippen LogP contribution in [0.15, 0.2) is 58.6 Å². The summed E-state index contributed by atoms with van der Waals surface area (Å²) in [6.45, 7) is 1.60. The third-order valence-corrected chi connectivity index (χ3v) is 6.35. The highest BCUT2D eigenvalue weighted by molar-refractivity contribution is 7.91. The number of esters is 1. The van der Waals surface area contributed by atoms with Crippen LogP contribution in [-0.4, -0.2) is 45.0 Å². The number of amides is 2. The van der Waals surface area contributed by atoms with Gasteiger partial charge >= 0.3 is 12.0 Å². The molecule has 1 heterocycles. The summed E-state index contributed by atoms with van der Waals surface area (Å²) in [5, 5.41) is 14.8. The molecule has 2 aromatic carbocycles. The van der Waals surface area contributed by atoms with Crippen LogP contribution in [0, 0.1) is 5.82 Å². The Bertz CT molecular complexity index is 1180. The zero-order valence-electron chi connectivity index (χ0n) is 17.2. The minimum absolute atomic E-state index is 0.0138. The predicted molar refractivity (Wildman–Crippen MR) is 111 cm³/mol. The highest BCUT2D eigenvalue weighted by Gasteiger charge is 2.36. The summed E-state index contributed by atoms with van der Waals surface area (Å²) < 4.78 is 49.2. The van der Waals surface area contributed by atoms with Crippen LogP contribution in [0.4, 0.5) is 9.18 Å². The fraction of sp³-hybridized carbons (Fsp3) is 0.238. The molecule has 1 atom stereocenters. The van der Waals surface area contributed by atoms with Gasteiger partial charge in [-0.2, -0.15) is 0 Å². The molecule has 1 aliphatic rings. The first-order valence-electron chi connectivity index (χ1n) is 9.49. The van der Waals surface area contributed by atoms with Crippen molar-refractivity contribution in [2.75, 3.05) is 19.5 Å². The lowest BCUT2D eigenvalue weighted by molar-refractivity contribution is -0.139. The lowest BCUT2D eigenvalue weighted by atomic mass is 9.95. The van der Waals surface area contributed by atoms with Crippen molar-refractivity contribution in [2.24, 2.45) is 0 Å². The van der Waals surface area contributed by atoms with Gasteiger partial charge in [0, 0.05) is 5.70 Å². The van der Waals surface area contributed by atoms with E-state index in [0.717, 1.165) is 24.3 Å². The van der Waals surface area contributed by atoms with Crippen LogP contribution in [0.25, 0.3) is 0 Å². The summed E-state index contributed by atoms with van der Waals surface area (Å²) in [6.07, 6.45) is 0. The van der Waals surface area contributed by atoms with Gasteiger partial charge in [0.2, 0.25) is 0 Å². The first kappa shape index (κ1) is 23.1. The third kappa shape index (κ3) is 4.83. The van der Waals surface area contributed by atoms with E-state index in [1.54, 1.807) is 6.92 Å². The van der Waals surface area contributed by atoms with E-state index in [0.29, 0.717) is 5.56 Å². The largest absolute Gasteiger partial charge is 0.504 e. The van der Waals surface area contributed by atoms with Gasteiger partial charge in [-0.1, -0.05) is 6.07 Å². The number of carbonyl (C=O) groups is 2. The highest BCUT2D eigenvalue weighted by Crippen LogP contribution is 2.34. The molecule has 2 aromatic rings. The van der Waals surface area contributed by atoms with Crippen LogP contribution in [0.3, 0.4) is 0 Å². The van der Waals surface area contributed by atoms with Crippen LogP contribution >= 0.6 is 0 Å². The predicted octanol–water partition coefficient (Wildman–Crippen LogP) is 2.18. The molecule has 0 unspecified atom stereocenters. The fourth-order valence-electron chi connectivity index (χ4n) is 3.22. The molecule has 9 nitrogen and oxygen atoms in total. The Morgan fingerprint density at radius 3 is 2.50 bits per heavy atom. The average Bonchev–Trinajstić information content (AvgIpc) is 2.73. The number of urea groups is 1. The molecular weight excluding hydrogens is 443 g/mol. The first-order chi connectivity index (χ1) is 15.2. The van der Waals surface area contributed by atoms with Gasteiger partial charge in [-0.25, -0.2) is 22.4 Å². The number of hydrogen-bond donors (Lipinski definition) is 3. The lowest BCUT2D eigenvalue weighted by Crippen LogP contribution is -2.47. The molecular formula is C21H21FN2O7S. The van der Waals surface area contributed by atoms with Gasteiger partial charge in [0.15, 0.2) is 21.3 Å². The molecule has 1 aliphatic heterocycles. The van der Waals surface area contributed by atoms with Gasteiger partial charge in [-0.05, 0) is 48.9 Å². The molecule has 3 rings (SSSR count). The van der Waals surface area contributed by atoms with Gasteiger partial charge in [-0.15, -0.1) is 0 Å². The van der Waals surface area contributed by atoms with Crippen LogP contribution < -0.4 is 15.4 Å². The van der Waals surface area contributed by atoms with Crippen molar-refractivity contribution >= 4 is 21.8 Å². The van der Waals surface area contributed by atoms with E-state index in [9.17, 15) is 27.5 Å². The highest BCUT2D eigenvalue weighted by atomic mass is 32.2. The summed E-state index contributed by atoms with van der Waals surface area (Å²) in [5.74, 6) is -2.23. The number of ether oxygens (including phenoxy) is 2. The monoisotopic (exact) mass is 464 g/mol. The van der Waals surface area contributed by atoms with E-state index in [2.05, 4.69) is 10.6 Å². The Labute approximate surface area is 183 Å². The van der Waals surface area contributed by atoms with Gasteiger partial charge in [0.25, 0.3) is 0 Å². The smallest absolute Gasteiger partial charge is 0.338 e. The Hall–Kier alpha value is -3.60. The summed E-state index contributed by atoms with van der Waals surface area (Å²) in [5.41, 5.74) is 0.0627. The number of benzene rings is 2. The maximum absolute atomic E-state index is 13.2. The first-order valence-corrected chi connectivity index (χ1v) is 11.1. The maximum Gasteiger partial charge on any atom is 0.338 e. The van der Waals surface area contributed by atoms with Gasteiger partial charge in [0.05, 0.1) is 36.0 Å². The minimum atomic E-state index is -4.05. The van der Waals surface area contributed by atoms with Gasteiger partial charge < -0.3 is 25.2 Å². The van der Waals surface area contributed by atoms with Crippen LogP contribution in [0.2, 0.25) is 0 Å². The third-order valence-electron chi connectivity index (χ3n) is 4.69. The standard InChI is InChI=1S/C21H21FN2O7S/c1-3-31-20(26)18-15(11-32(28,29)14-7-5-13(22)6-8-14)23-21(27)24-19(18)12-4-9-16(25)17(10-12)30-2/h4-10,19,25H,3,11H2,1-2H3,(H2,23,24,27)/t19-/m1/s1. The molecule has 0 radical (unpaired) electrons. The molecule has 11 heteroatoms. The summed E-state index contributed by atoms with van der Waals surface area (Å²) in [4.78, 5) is 25.0. The number of phenols is 1. The Balaban J connectivity index is 2.12. The number of nitrogens with one attached hydrogen (secondary N) is 2. The van der Waals surface area contributed by atoms with Crippen LogP contribution in [0.5, 0.6) is 11.5 Å². The molecule has 0 bridgehead atoms. The quantitative estimate of drug-likeness (QED) is 0.423. The Kier molecular flexibility index (Phi) is 6.68. The molecule has 170 valence electrons. The van der Waals surface area contributed by atoms with E-state index in [4.69, 9.17) is 9.47 Å². The van der Waals surface area contributed by atoms with Crippen molar-refractivity contribution in [2.45, 2.75) is 17.9 Å². The Morgan fingerprint density at radius 1 is 1.19 bits per heavy atom. The second kappa shape index (κ2) is 9.27. The zero-order valence-corrected chi connectivity index (χ0v) is 18.0. The van der Waals surface area contributed by atoms with Crippen LogP contribution in [0.1, 0.15) is 18.5 Å².